The molecule has 2 aromatic rings. The maximum absolute atomic E-state index is 13.5. The lowest BCUT2D eigenvalue weighted by molar-refractivity contribution is 0.586. The minimum absolute atomic E-state index is 0.0791. The van der Waals surface area contributed by atoms with Gasteiger partial charge in [-0.25, -0.2) is 13.8 Å². The first kappa shape index (κ1) is 11.7. The molecule has 0 aliphatic heterocycles. The van der Waals surface area contributed by atoms with Crippen LogP contribution >= 0.6 is 27.5 Å². The molecule has 1 heterocycles. The van der Waals surface area contributed by atoms with Crippen LogP contribution in [0.25, 0.3) is 10.9 Å². The van der Waals surface area contributed by atoms with Crippen molar-refractivity contribution in [1.29, 1.82) is 0 Å². The van der Waals surface area contributed by atoms with Crippen molar-refractivity contribution in [2.45, 2.75) is 13.3 Å². The number of hydrogen-bond acceptors (Lipinski definition) is 1. The van der Waals surface area contributed by atoms with Crippen LogP contribution in [0.5, 0.6) is 0 Å². The molecule has 1 aromatic carbocycles. The molecule has 16 heavy (non-hydrogen) atoms. The van der Waals surface area contributed by atoms with E-state index in [9.17, 15) is 8.78 Å². The number of nitrogens with zero attached hydrogens (tertiary/aromatic N) is 1. The molecule has 1 aromatic heterocycles. The molecular formula is C11H7BrClF2N. The summed E-state index contributed by atoms with van der Waals surface area (Å²) in [6, 6.07) is 2.45. The summed E-state index contributed by atoms with van der Waals surface area (Å²) in [4.78, 5) is 3.94. The number of aryl methyl sites for hydroxylation is 1. The predicted molar refractivity (Wildman–Crippen MR) is 63.7 cm³/mol. The van der Waals surface area contributed by atoms with Gasteiger partial charge in [0.25, 0.3) is 0 Å². The van der Waals surface area contributed by atoms with Crippen LogP contribution in [0.1, 0.15) is 12.5 Å². The average molecular weight is 307 g/mol. The average Bonchev–Trinajstić information content (AvgIpc) is 2.25. The maximum Gasteiger partial charge on any atom is 0.152 e. The van der Waals surface area contributed by atoms with Crippen molar-refractivity contribution >= 4 is 38.4 Å². The normalized spacial score (nSPS) is 11.1. The summed E-state index contributed by atoms with van der Waals surface area (Å²) >= 11 is 8.96. The molecule has 0 spiro atoms. The van der Waals surface area contributed by atoms with Crippen molar-refractivity contribution in [1.82, 2.24) is 4.98 Å². The van der Waals surface area contributed by atoms with E-state index in [0.29, 0.717) is 11.8 Å². The quantitative estimate of drug-likeness (QED) is 0.559. The van der Waals surface area contributed by atoms with Gasteiger partial charge < -0.3 is 0 Å². The fourth-order valence-corrected chi connectivity index (χ4v) is 2.19. The fourth-order valence-electron chi connectivity index (χ4n) is 1.50. The van der Waals surface area contributed by atoms with E-state index in [1.165, 1.54) is 0 Å². The molecule has 0 aliphatic rings. The first-order valence-electron chi connectivity index (χ1n) is 4.67. The summed E-state index contributed by atoms with van der Waals surface area (Å²) in [7, 11) is 0. The summed E-state index contributed by atoms with van der Waals surface area (Å²) in [6.07, 6.45) is 0.659. The second-order valence-electron chi connectivity index (χ2n) is 3.34. The molecule has 84 valence electrons. The van der Waals surface area contributed by atoms with Crippen molar-refractivity contribution in [2.24, 2.45) is 0 Å². The monoisotopic (exact) mass is 305 g/mol. The highest BCUT2D eigenvalue weighted by molar-refractivity contribution is 9.10. The van der Waals surface area contributed by atoms with E-state index >= 15 is 0 Å². The maximum atomic E-state index is 13.5. The van der Waals surface area contributed by atoms with E-state index in [-0.39, 0.29) is 15.1 Å². The molecule has 0 aliphatic carbocycles. The van der Waals surface area contributed by atoms with Gasteiger partial charge in [0.05, 0.1) is 4.47 Å². The summed E-state index contributed by atoms with van der Waals surface area (Å²) in [6.45, 7) is 1.90. The Kier molecular flexibility index (Phi) is 3.13. The Hall–Kier alpha value is -0.740. The first-order valence-corrected chi connectivity index (χ1v) is 5.84. The molecule has 0 fully saturated rings. The summed E-state index contributed by atoms with van der Waals surface area (Å²) in [5.41, 5.74) is 0.843. The van der Waals surface area contributed by atoms with Gasteiger partial charge in [-0.2, -0.15) is 0 Å². The fraction of sp³-hybridized carbons (Fsp3) is 0.182. The molecule has 2 rings (SSSR count). The lowest BCUT2D eigenvalue weighted by Crippen LogP contribution is -1.94. The van der Waals surface area contributed by atoms with Gasteiger partial charge in [0.2, 0.25) is 0 Å². The topological polar surface area (TPSA) is 12.9 Å². The number of rotatable bonds is 1. The van der Waals surface area contributed by atoms with E-state index in [1.807, 2.05) is 6.92 Å². The van der Waals surface area contributed by atoms with Crippen molar-refractivity contribution in [3.63, 3.8) is 0 Å². The highest BCUT2D eigenvalue weighted by atomic mass is 79.9. The Morgan fingerprint density at radius 2 is 2.00 bits per heavy atom. The van der Waals surface area contributed by atoms with Gasteiger partial charge in [-0.1, -0.05) is 18.5 Å². The van der Waals surface area contributed by atoms with Crippen molar-refractivity contribution < 1.29 is 8.78 Å². The molecule has 0 saturated carbocycles. The summed E-state index contributed by atoms with van der Waals surface area (Å²) < 4.78 is 27.0. The molecule has 5 heteroatoms. The van der Waals surface area contributed by atoms with Gasteiger partial charge in [-0.05, 0) is 34.0 Å². The molecule has 0 radical (unpaired) electrons. The third kappa shape index (κ3) is 1.80. The lowest BCUT2D eigenvalue weighted by atomic mass is 10.1. The van der Waals surface area contributed by atoms with Crippen molar-refractivity contribution in [3.05, 3.63) is 39.0 Å². The molecule has 0 N–H and O–H groups in total. The van der Waals surface area contributed by atoms with Crippen molar-refractivity contribution in [2.75, 3.05) is 0 Å². The number of aromatic nitrogens is 1. The standard InChI is InChI=1S/C11H7BrClF2N/c1-2-5-3-6-9(12)7(14)4-8(15)10(6)16-11(5)13/h3-4H,2H2,1H3. The molecule has 0 saturated heterocycles. The van der Waals surface area contributed by atoms with E-state index in [0.717, 1.165) is 11.6 Å². The number of pyridine rings is 1. The third-order valence-corrected chi connectivity index (χ3v) is 3.49. The highest BCUT2D eigenvalue weighted by Gasteiger charge is 2.13. The van der Waals surface area contributed by atoms with Crippen LogP contribution in [0.15, 0.2) is 16.6 Å². The van der Waals surface area contributed by atoms with Gasteiger partial charge in [-0.15, -0.1) is 0 Å². The number of halogens is 4. The molecule has 0 atom stereocenters. The number of fused-ring (bicyclic) bond motifs is 1. The van der Waals surface area contributed by atoms with E-state index < -0.39 is 11.6 Å². The highest BCUT2D eigenvalue weighted by Crippen LogP contribution is 2.31. The summed E-state index contributed by atoms with van der Waals surface area (Å²) in [5.74, 6) is -1.35. The predicted octanol–water partition coefficient (Wildman–Crippen LogP) is 4.49. The second kappa shape index (κ2) is 4.26. The van der Waals surface area contributed by atoms with Crippen LogP contribution in [0.3, 0.4) is 0 Å². The summed E-state index contributed by atoms with van der Waals surface area (Å²) in [5, 5.41) is 0.658. The van der Waals surface area contributed by atoms with Gasteiger partial charge >= 0.3 is 0 Å². The zero-order valence-corrected chi connectivity index (χ0v) is 10.7. The largest absolute Gasteiger partial charge is 0.233 e. The van der Waals surface area contributed by atoms with Crippen LogP contribution in [-0.4, -0.2) is 4.98 Å². The Labute approximate surface area is 105 Å². The Morgan fingerprint density at radius 1 is 1.31 bits per heavy atom. The van der Waals surface area contributed by atoms with Gasteiger partial charge in [-0.3, -0.25) is 0 Å². The number of hydrogen-bond donors (Lipinski definition) is 0. The number of benzene rings is 1. The zero-order valence-electron chi connectivity index (χ0n) is 8.32. The molecular weight excluding hydrogens is 299 g/mol. The zero-order chi connectivity index (χ0) is 11.9. The van der Waals surface area contributed by atoms with Crippen molar-refractivity contribution in [3.8, 4) is 0 Å². The van der Waals surface area contributed by atoms with E-state index in [2.05, 4.69) is 20.9 Å². The second-order valence-corrected chi connectivity index (χ2v) is 4.49. The Morgan fingerprint density at radius 3 is 2.62 bits per heavy atom. The van der Waals surface area contributed by atoms with E-state index in [1.54, 1.807) is 6.07 Å². The van der Waals surface area contributed by atoms with E-state index in [4.69, 9.17) is 11.6 Å². The minimum atomic E-state index is -0.708. The van der Waals surface area contributed by atoms with Crippen LogP contribution < -0.4 is 0 Å². The molecule has 0 unspecified atom stereocenters. The minimum Gasteiger partial charge on any atom is -0.233 e. The Balaban J connectivity index is 2.90. The van der Waals surface area contributed by atoms with Crippen LogP contribution in [0.2, 0.25) is 5.15 Å². The smallest absolute Gasteiger partial charge is 0.152 e. The molecule has 1 nitrogen and oxygen atoms in total. The Bertz CT molecular complexity index is 572. The third-order valence-electron chi connectivity index (χ3n) is 2.36. The molecule has 0 bridgehead atoms. The van der Waals surface area contributed by atoms with Gasteiger partial charge in [0.15, 0.2) is 5.82 Å². The SMILES string of the molecule is CCc1cc2c(Br)c(F)cc(F)c2nc1Cl. The molecule has 0 amide bonds. The van der Waals surface area contributed by atoms with Gasteiger partial charge in [0.1, 0.15) is 16.5 Å². The van der Waals surface area contributed by atoms with Crippen LogP contribution in [-0.2, 0) is 6.42 Å². The first-order chi connectivity index (χ1) is 7.54. The van der Waals surface area contributed by atoms with Crippen LogP contribution in [0.4, 0.5) is 8.78 Å². The lowest BCUT2D eigenvalue weighted by Gasteiger charge is -2.07. The van der Waals surface area contributed by atoms with Crippen LogP contribution in [0, 0.1) is 11.6 Å². The van der Waals surface area contributed by atoms with Gasteiger partial charge in [0, 0.05) is 11.5 Å².